The van der Waals surface area contributed by atoms with Gasteiger partial charge in [-0.25, -0.2) is 9.13 Å². The molecule has 0 fully saturated rings. The van der Waals surface area contributed by atoms with Crippen LogP contribution < -0.4 is 0 Å². The number of terminal acetylenes is 1. The van der Waals surface area contributed by atoms with Gasteiger partial charge in [-0.1, -0.05) is 0 Å². The second kappa shape index (κ2) is 15.9. The minimum absolute atomic E-state index is 0.0318. The summed E-state index contributed by atoms with van der Waals surface area (Å²) in [6.45, 7) is -0.0615. The Morgan fingerprint density at radius 2 is 1.31 bits per heavy atom. The number of aliphatic hydroxyl groups excluding tert-OH is 1. The normalized spacial score (nSPS) is 20.1. The molecule has 0 amide bonds. The smallest absolute Gasteiger partial charge is 0.390 e. The number of phosphoric ester groups is 2. The van der Waals surface area contributed by atoms with Gasteiger partial charge in [0.05, 0.1) is 12.7 Å². The van der Waals surface area contributed by atoms with Crippen LogP contribution >= 0.6 is 66.2 Å². The highest BCUT2D eigenvalue weighted by Crippen LogP contribution is 2.50. The molecular formula is C14H28O9P2S4. The van der Waals surface area contributed by atoms with Crippen molar-refractivity contribution in [3.05, 3.63) is 0 Å². The fraction of sp³-hybridized carbons (Fsp3) is 0.857. The third kappa shape index (κ3) is 13.3. The van der Waals surface area contributed by atoms with Crippen LogP contribution in [0.5, 0.6) is 0 Å². The van der Waals surface area contributed by atoms with Crippen LogP contribution in [0.15, 0.2) is 0 Å². The number of aliphatic hydroxyl groups is 1. The molecule has 0 aromatic rings. The van der Waals surface area contributed by atoms with Gasteiger partial charge in [0, 0.05) is 29.4 Å². The summed E-state index contributed by atoms with van der Waals surface area (Å²) in [6, 6.07) is 0. The van der Waals surface area contributed by atoms with E-state index in [1.165, 1.54) is 0 Å². The van der Waals surface area contributed by atoms with Gasteiger partial charge < -0.3 is 14.9 Å². The molecule has 6 unspecified atom stereocenters. The van der Waals surface area contributed by atoms with Crippen molar-refractivity contribution in [2.75, 3.05) is 29.6 Å². The average Bonchev–Trinajstić information content (AvgIpc) is 2.67. The molecule has 6 atom stereocenters. The molecule has 3 N–H and O–H groups in total. The number of hydrogen-bond donors (Lipinski definition) is 7. The Kier molecular flexibility index (Phi) is 16.5. The third-order valence-corrected chi connectivity index (χ3v) is 6.92. The van der Waals surface area contributed by atoms with Gasteiger partial charge in [-0.3, -0.25) is 18.1 Å². The number of hydrogen-bond acceptors (Lipinski definition) is 11. The summed E-state index contributed by atoms with van der Waals surface area (Å²) in [5.41, 5.74) is 0. The van der Waals surface area contributed by atoms with Crippen molar-refractivity contribution in [2.24, 2.45) is 0 Å². The molecule has 9 nitrogen and oxygen atoms in total. The Morgan fingerprint density at radius 1 is 0.828 bits per heavy atom. The van der Waals surface area contributed by atoms with E-state index in [2.05, 4.69) is 56.4 Å². The first-order valence-electron chi connectivity index (χ1n) is 8.46. The van der Waals surface area contributed by atoms with Crippen molar-refractivity contribution in [2.45, 2.75) is 43.7 Å². The van der Waals surface area contributed by atoms with Gasteiger partial charge >= 0.3 is 15.6 Å². The minimum atomic E-state index is -4.71. The lowest BCUT2D eigenvalue weighted by molar-refractivity contribution is -0.00146. The molecule has 172 valence electrons. The van der Waals surface area contributed by atoms with Crippen LogP contribution in [0.4, 0.5) is 0 Å². The summed E-state index contributed by atoms with van der Waals surface area (Å²) in [7, 11) is -9.20. The number of rotatable bonds is 17. The Bertz CT molecular complexity index is 592. The van der Waals surface area contributed by atoms with E-state index >= 15 is 0 Å². The quantitative estimate of drug-likeness (QED) is 0.0655. The van der Waals surface area contributed by atoms with E-state index in [1.54, 1.807) is 0 Å². The van der Waals surface area contributed by atoms with Crippen molar-refractivity contribution in [1.29, 1.82) is 0 Å². The third-order valence-electron chi connectivity index (χ3n) is 3.35. The molecule has 0 spiro atoms. The molecule has 0 aliphatic rings. The largest absolute Gasteiger partial charge is 0.472 e. The molecule has 0 aromatic carbocycles. The van der Waals surface area contributed by atoms with E-state index in [1.807, 2.05) is 0 Å². The maximum atomic E-state index is 12.3. The van der Waals surface area contributed by atoms with Crippen LogP contribution in [0.25, 0.3) is 0 Å². The van der Waals surface area contributed by atoms with Crippen molar-refractivity contribution in [1.82, 2.24) is 0 Å². The highest BCUT2D eigenvalue weighted by Gasteiger charge is 2.38. The molecule has 0 aromatic heterocycles. The molecule has 15 heteroatoms. The zero-order valence-corrected chi connectivity index (χ0v) is 20.9. The summed E-state index contributed by atoms with van der Waals surface area (Å²) in [6.07, 6.45) is 1.95. The van der Waals surface area contributed by atoms with Gasteiger partial charge in [0.2, 0.25) is 0 Å². The van der Waals surface area contributed by atoms with E-state index < -0.39 is 40.1 Å². The standard InChI is InChI=1S/C14H28O9P2S4/c1-2-3-4-5-6-20-24(16,17)22-13(9-28)14(10-29)23-25(18,19)21-12(8-27)11(15)7-26/h1,11-15,26-29H,3-10H2,(H,16,17)(H,18,19). The summed E-state index contributed by atoms with van der Waals surface area (Å²) < 4.78 is 44.2. The van der Waals surface area contributed by atoms with Crippen molar-refractivity contribution in [3.63, 3.8) is 0 Å². The molecule has 0 radical (unpaired) electrons. The Hall–Kier alpha value is 1.14. The molecule has 0 bridgehead atoms. The number of thiol groups is 4. The van der Waals surface area contributed by atoms with Crippen LogP contribution in [0.1, 0.15) is 19.3 Å². The van der Waals surface area contributed by atoms with Crippen LogP contribution in [0, 0.1) is 12.3 Å². The minimum Gasteiger partial charge on any atom is -0.390 e. The predicted molar refractivity (Wildman–Crippen MR) is 124 cm³/mol. The first-order valence-corrected chi connectivity index (χ1v) is 14.0. The lowest BCUT2D eigenvalue weighted by Gasteiger charge is -2.29. The van der Waals surface area contributed by atoms with Gasteiger partial charge in [-0.15, -0.1) is 12.3 Å². The van der Waals surface area contributed by atoms with Gasteiger partial charge in [-0.2, -0.15) is 50.5 Å². The van der Waals surface area contributed by atoms with Crippen molar-refractivity contribution in [3.8, 4) is 12.3 Å². The molecular weight excluding hydrogens is 502 g/mol. The molecule has 0 aliphatic heterocycles. The highest BCUT2D eigenvalue weighted by molar-refractivity contribution is 7.81. The Morgan fingerprint density at radius 3 is 1.76 bits per heavy atom. The summed E-state index contributed by atoms with van der Waals surface area (Å²) in [4.78, 5) is 19.8. The van der Waals surface area contributed by atoms with E-state index in [0.29, 0.717) is 19.3 Å². The number of phosphoric acid groups is 2. The highest BCUT2D eigenvalue weighted by atomic mass is 32.1. The summed E-state index contributed by atoms with van der Waals surface area (Å²) in [5, 5.41) is 9.73. The molecule has 0 aliphatic carbocycles. The lowest BCUT2D eigenvalue weighted by Crippen LogP contribution is -2.36. The molecule has 0 rings (SSSR count). The second-order valence-electron chi connectivity index (χ2n) is 5.66. The number of unbranched alkanes of at least 4 members (excludes halogenated alkanes) is 2. The maximum absolute atomic E-state index is 12.3. The van der Waals surface area contributed by atoms with Crippen LogP contribution in [0.3, 0.4) is 0 Å². The van der Waals surface area contributed by atoms with E-state index in [9.17, 15) is 24.0 Å². The van der Waals surface area contributed by atoms with E-state index in [0.717, 1.165) is 0 Å². The Labute approximate surface area is 193 Å². The van der Waals surface area contributed by atoms with Gasteiger partial charge in [0.15, 0.2) is 0 Å². The monoisotopic (exact) mass is 530 g/mol. The maximum Gasteiger partial charge on any atom is 0.472 e. The SMILES string of the molecule is C#CCCCCOP(=O)(O)OC(CS)C(CS)OP(=O)(O)OC(CS)C(O)CS. The fourth-order valence-electron chi connectivity index (χ4n) is 1.86. The molecule has 29 heavy (non-hydrogen) atoms. The first kappa shape index (κ1) is 30.1. The molecule has 0 heterocycles. The zero-order chi connectivity index (χ0) is 22.5. The zero-order valence-electron chi connectivity index (χ0n) is 15.5. The second-order valence-corrected chi connectivity index (χ2v) is 9.89. The van der Waals surface area contributed by atoms with Crippen LogP contribution in [0.2, 0.25) is 0 Å². The lowest BCUT2D eigenvalue weighted by atomic mass is 10.2. The summed E-state index contributed by atoms with van der Waals surface area (Å²) >= 11 is 15.9. The van der Waals surface area contributed by atoms with E-state index in [4.69, 9.17) is 24.5 Å². The summed E-state index contributed by atoms with van der Waals surface area (Å²) in [5.74, 6) is 2.02. The Balaban J connectivity index is 4.95. The van der Waals surface area contributed by atoms with Crippen molar-refractivity contribution >= 4 is 66.2 Å². The van der Waals surface area contributed by atoms with Gasteiger partial charge in [0.25, 0.3) is 0 Å². The molecule has 0 saturated carbocycles. The first-order chi connectivity index (χ1) is 13.6. The van der Waals surface area contributed by atoms with Crippen molar-refractivity contribution < 1.29 is 42.1 Å². The topological polar surface area (TPSA) is 132 Å². The van der Waals surface area contributed by atoms with Gasteiger partial charge in [0.1, 0.15) is 18.3 Å². The van der Waals surface area contributed by atoms with Gasteiger partial charge in [-0.05, 0) is 12.8 Å². The van der Waals surface area contributed by atoms with E-state index in [-0.39, 0.29) is 29.6 Å². The fourth-order valence-corrected chi connectivity index (χ4v) is 5.52. The average molecular weight is 531 g/mol. The predicted octanol–water partition coefficient (Wildman–Crippen LogP) is 2.24. The van der Waals surface area contributed by atoms with Crippen LogP contribution in [-0.4, -0.2) is 68.9 Å². The van der Waals surface area contributed by atoms with Crippen LogP contribution in [-0.2, 0) is 27.2 Å². The molecule has 0 saturated heterocycles.